The van der Waals surface area contributed by atoms with E-state index >= 15 is 0 Å². The highest BCUT2D eigenvalue weighted by molar-refractivity contribution is 7.09. The first-order chi connectivity index (χ1) is 15.1. The van der Waals surface area contributed by atoms with Crippen molar-refractivity contribution in [2.24, 2.45) is 5.73 Å². The minimum absolute atomic E-state index is 0.355. The van der Waals surface area contributed by atoms with Crippen LogP contribution >= 0.6 is 11.3 Å². The third-order valence-electron chi connectivity index (χ3n) is 5.81. The van der Waals surface area contributed by atoms with Crippen molar-refractivity contribution in [2.75, 3.05) is 0 Å². The number of hydrogen-bond acceptors (Lipinski definition) is 2. The van der Waals surface area contributed by atoms with E-state index in [0.29, 0.717) is 5.56 Å². The molecule has 2 aromatic carbocycles. The molecule has 0 radical (unpaired) electrons. The number of rotatable bonds is 8. The summed E-state index contributed by atoms with van der Waals surface area (Å²) >= 11 is 1.78. The first-order valence-corrected chi connectivity index (χ1v) is 11.7. The highest BCUT2D eigenvalue weighted by Crippen LogP contribution is 2.35. The van der Waals surface area contributed by atoms with E-state index in [2.05, 4.69) is 65.4 Å². The molecule has 0 atom stereocenters. The molecule has 2 heterocycles. The molecular formula is C27H28N2OS. The van der Waals surface area contributed by atoms with Gasteiger partial charge in [0, 0.05) is 28.4 Å². The molecule has 3 nitrogen and oxygen atoms in total. The summed E-state index contributed by atoms with van der Waals surface area (Å²) in [5.74, 6) is -0.355. The van der Waals surface area contributed by atoms with Crippen molar-refractivity contribution in [3.63, 3.8) is 0 Å². The van der Waals surface area contributed by atoms with Crippen LogP contribution < -0.4 is 5.73 Å². The van der Waals surface area contributed by atoms with Gasteiger partial charge in [-0.3, -0.25) is 4.79 Å². The largest absolute Gasteiger partial charge is 0.366 e. The van der Waals surface area contributed by atoms with E-state index in [1.54, 1.807) is 11.3 Å². The molecule has 2 N–H and O–H groups in total. The van der Waals surface area contributed by atoms with Crippen LogP contribution in [0.2, 0.25) is 0 Å². The average molecular weight is 429 g/mol. The van der Waals surface area contributed by atoms with Gasteiger partial charge in [-0.2, -0.15) is 0 Å². The molecule has 0 unspecified atom stereocenters. The highest BCUT2D eigenvalue weighted by atomic mass is 32.1. The normalized spacial score (nSPS) is 11.0. The summed E-state index contributed by atoms with van der Waals surface area (Å²) in [4.78, 5) is 13.9. The Bertz CT molecular complexity index is 1160. The van der Waals surface area contributed by atoms with Crippen LogP contribution in [0.5, 0.6) is 0 Å². The molecule has 4 aromatic rings. The summed E-state index contributed by atoms with van der Waals surface area (Å²) in [5, 5.41) is 2.11. The number of amides is 1. The van der Waals surface area contributed by atoms with E-state index in [4.69, 9.17) is 5.73 Å². The second kappa shape index (κ2) is 9.36. The molecule has 158 valence electrons. The number of thiophene rings is 1. The lowest BCUT2D eigenvalue weighted by Gasteiger charge is -2.13. The van der Waals surface area contributed by atoms with Crippen molar-refractivity contribution < 1.29 is 4.79 Å². The van der Waals surface area contributed by atoms with Crippen molar-refractivity contribution in [2.45, 2.75) is 39.7 Å². The van der Waals surface area contributed by atoms with Gasteiger partial charge in [-0.1, -0.05) is 74.0 Å². The molecule has 0 aliphatic carbocycles. The molecule has 0 bridgehead atoms. The van der Waals surface area contributed by atoms with E-state index in [0.717, 1.165) is 48.2 Å². The molecule has 0 saturated heterocycles. The van der Waals surface area contributed by atoms with Gasteiger partial charge in [-0.15, -0.1) is 11.3 Å². The van der Waals surface area contributed by atoms with Crippen molar-refractivity contribution in [3.8, 4) is 22.3 Å². The summed E-state index contributed by atoms with van der Waals surface area (Å²) in [6.45, 7) is 5.05. The molecule has 1 amide bonds. The molecule has 0 saturated carbocycles. The van der Waals surface area contributed by atoms with Gasteiger partial charge in [-0.25, -0.2) is 0 Å². The van der Waals surface area contributed by atoms with Gasteiger partial charge in [0.25, 0.3) is 5.91 Å². The van der Waals surface area contributed by atoms with E-state index in [9.17, 15) is 4.79 Å². The summed E-state index contributed by atoms with van der Waals surface area (Å²) in [7, 11) is 0. The maximum atomic E-state index is 12.5. The second-order valence-electron chi connectivity index (χ2n) is 7.82. The fourth-order valence-corrected chi connectivity index (χ4v) is 5.04. The molecule has 2 aromatic heterocycles. The van der Waals surface area contributed by atoms with Crippen LogP contribution in [0.15, 0.2) is 72.1 Å². The highest BCUT2D eigenvalue weighted by Gasteiger charge is 2.24. The number of hydrogen-bond donors (Lipinski definition) is 1. The molecule has 0 fully saturated rings. The van der Waals surface area contributed by atoms with Gasteiger partial charge in [0.05, 0.1) is 5.56 Å². The molecule has 4 rings (SSSR count). The zero-order chi connectivity index (χ0) is 21.8. The Hall–Kier alpha value is -3.11. The van der Waals surface area contributed by atoms with Crippen molar-refractivity contribution >= 4 is 17.2 Å². The van der Waals surface area contributed by atoms with Gasteiger partial charge in [-0.05, 0) is 47.9 Å². The summed E-state index contributed by atoms with van der Waals surface area (Å²) in [6.07, 6.45) is 2.87. The zero-order valence-electron chi connectivity index (χ0n) is 18.1. The number of carbonyl (C=O) groups excluding carboxylic acids is 1. The van der Waals surface area contributed by atoms with Crippen LogP contribution in [0.1, 0.15) is 40.0 Å². The number of nitrogens with zero attached hydrogens (tertiary/aromatic N) is 1. The lowest BCUT2D eigenvalue weighted by molar-refractivity contribution is 0.1000. The Morgan fingerprint density at radius 1 is 0.903 bits per heavy atom. The van der Waals surface area contributed by atoms with E-state index in [1.807, 2.05) is 25.1 Å². The maximum Gasteiger partial charge on any atom is 0.251 e. The fraction of sp³-hybridized carbons (Fsp3) is 0.222. The number of aryl methyl sites for hydroxylation is 1. The summed E-state index contributed by atoms with van der Waals surface area (Å²) < 4.78 is 2.31. The first kappa shape index (κ1) is 21.1. The number of benzene rings is 2. The standard InChI is InChI=1S/C27H28N2OS/c1-3-8-24-26(22-14-12-21(13-15-22)20-9-5-4-6-10-20)25(27(28)30)19(2)29(24)17-16-23-11-7-18-31-23/h4-7,9-15,18H,3,8,16-17H2,1-2H3,(H2,28,30). The Balaban J connectivity index is 1.78. The molecular weight excluding hydrogens is 400 g/mol. The fourth-order valence-electron chi connectivity index (χ4n) is 4.35. The van der Waals surface area contributed by atoms with Crippen LogP contribution in [0.4, 0.5) is 0 Å². The second-order valence-corrected chi connectivity index (χ2v) is 8.85. The zero-order valence-corrected chi connectivity index (χ0v) is 18.9. The Kier molecular flexibility index (Phi) is 6.38. The van der Waals surface area contributed by atoms with E-state index in [1.165, 1.54) is 16.1 Å². The van der Waals surface area contributed by atoms with Crippen LogP contribution in [0.3, 0.4) is 0 Å². The molecule has 0 aliphatic rings. The topological polar surface area (TPSA) is 48.0 Å². The van der Waals surface area contributed by atoms with Crippen molar-refractivity contribution in [1.82, 2.24) is 4.57 Å². The predicted molar refractivity (Wildman–Crippen MR) is 131 cm³/mol. The SMILES string of the molecule is CCCc1c(-c2ccc(-c3ccccc3)cc2)c(C(N)=O)c(C)n1CCc1cccs1. The third kappa shape index (κ3) is 4.35. The van der Waals surface area contributed by atoms with Crippen LogP contribution in [-0.2, 0) is 19.4 Å². The van der Waals surface area contributed by atoms with Crippen LogP contribution in [0, 0.1) is 6.92 Å². The first-order valence-electron chi connectivity index (χ1n) is 10.8. The van der Waals surface area contributed by atoms with E-state index < -0.39 is 0 Å². The lowest BCUT2D eigenvalue weighted by Crippen LogP contribution is -2.13. The Labute approximate surface area is 188 Å². The van der Waals surface area contributed by atoms with Gasteiger partial charge >= 0.3 is 0 Å². The third-order valence-corrected chi connectivity index (χ3v) is 6.74. The van der Waals surface area contributed by atoms with Gasteiger partial charge in [0.1, 0.15) is 0 Å². The molecule has 0 spiro atoms. The number of nitrogens with two attached hydrogens (primary N) is 1. The monoisotopic (exact) mass is 428 g/mol. The van der Waals surface area contributed by atoms with Gasteiger partial charge < -0.3 is 10.3 Å². The van der Waals surface area contributed by atoms with Crippen LogP contribution in [-0.4, -0.2) is 10.5 Å². The number of aromatic nitrogens is 1. The van der Waals surface area contributed by atoms with Crippen molar-refractivity contribution in [1.29, 1.82) is 0 Å². The maximum absolute atomic E-state index is 12.5. The quantitative estimate of drug-likeness (QED) is 0.343. The number of carbonyl (C=O) groups is 1. The minimum Gasteiger partial charge on any atom is -0.366 e. The molecule has 4 heteroatoms. The minimum atomic E-state index is -0.355. The lowest BCUT2D eigenvalue weighted by atomic mass is 9.96. The summed E-state index contributed by atoms with van der Waals surface area (Å²) in [6, 6.07) is 23.1. The molecule has 31 heavy (non-hydrogen) atoms. The molecule has 0 aliphatic heterocycles. The van der Waals surface area contributed by atoms with Gasteiger partial charge in [0.2, 0.25) is 0 Å². The Morgan fingerprint density at radius 3 is 2.19 bits per heavy atom. The summed E-state index contributed by atoms with van der Waals surface area (Å²) in [5.41, 5.74) is 13.1. The predicted octanol–water partition coefficient (Wildman–Crippen LogP) is 6.49. The van der Waals surface area contributed by atoms with Gasteiger partial charge in [0.15, 0.2) is 0 Å². The Morgan fingerprint density at radius 2 is 1.58 bits per heavy atom. The smallest absolute Gasteiger partial charge is 0.251 e. The number of primary amides is 1. The van der Waals surface area contributed by atoms with Crippen LogP contribution in [0.25, 0.3) is 22.3 Å². The van der Waals surface area contributed by atoms with E-state index in [-0.39, 0.29) is 5.91 Å². The van der Waals surface area contributed by atoms with Crippen molar-refractivity contribution in [3.05, 3.63) is 93.9 Å². The average Bonchev–Trinajstić information content (AvgIpc) is 3.40.